The van der Waals surface area contributed by atoms with E-state index in [2.05, 4.69) is 10.6 Å². The molecule has 2 N–H and O–H groups in total. The van der Waals surface area contributed by atoms with E-state index < -0.39 is 11.9 Å². The Bertz CT molecular complexity index is 493. The number of benzene rings is 1. The maximum Gasteiger partial charge on any atom is 0.321 e. The minimum Gasteiger partial charge on any atom is -0.484 e. The molecule has 0 saturated carbocycles. The summed E-state index contributed by atoms with van der Waals surface area (Å²) < 4.78 is 5.19. The lowest BCUT2D eigenvalue weighted by Gasteiger charge is -2.09. The minimum absolute atomic E-state index is 0.285. The number of hydrogen-bond donors (Lipinski definition) is 2. The quantitative estimate of drug-likeness (QED) is 0.877. The summed E-state index contributed by atoms with van der Waals surface area (Å²) in [7, 11) is 0. The third kappa shape index (κ3) is 6.12. The van der Waals surface area contributed by atoms with E-state index in [0.717, 1.165) is 0 Å². The summed E-state index contributed by atoms with van der Waals surface area (Å²) in [4.78, 5) is 22.8. The fraction of sp³-hybridized carbons (Fsp3) is 0.385. The first-order valence-corrected chi connectivity index (χ1v) is 6.79. The van der Waals surface area contributed by atoms with Crippen LogP contribution in [0, 0.1) is 5.92 Å². The van der Waals surface area contributed by atoms with Gasteiger partial charge in [-0.15, -0.1) is 0 Å². The number of urea groups is 1. The number of ether oxygens (including phenoxy) is 1. The van der Waals surface area contributed by atoms with E-state index >= 15 is 0 Å². The van der Waals surface area contributed by atoms with Crippen molar-refractivity contribution in [3.63, 3.8) is 0 Å². The molecule has 0 radical (unpaired) electrons. The Morgan fingerprint density at radius 3 is 2.55 bits per heavy atom. The number of halogens is 2. The SMILES string of the molecule is CC(C)CNC(=O)NC(=O)COc1ccc(Cl)c(Cl)c1. The minimum atomic E-state index is -0.544. The molecule has 5 nitrogen and oxygen atoms in total. The standard InChI is InChI=1S/C13H16Cl2N2O3/c1-8(2)6-16-13(19)17-12(18)7-20-9-3-4-10(14)11(15)5-9/h3-5,8H,6-7H2,1-2H3,(H2,16,17,18,19). The van der Waals surface area contributed by atoms with E-state index in [-0.39, 0.29) is 6.61 Å². The van der Waals surface area contributed by atoms with E-state index in [1.807, 2.05) is 13.8 Å². The van der Waals surface area contributed by atoms with Crippen LogP contribution >= 0.6 is 23.2 Å². The first kappa shape index (κ1) is 16.6. The van der Waals surface area contributed by atoms with Crippen LogP contribution in [0.3, 0.4) is 0 Å². The normalized spacial score (nSPS) is 10.2. The number of amides is 3. The number of hydrogen-bond acceptors (Lipinski definition) is 3. The maximum absolute atomic E-state index is 11.5. The molecule has 0 bridgehead atoms. The number of carbonyl (C=O) groups excluding carboxylic acids is 2. The second-order valence-corrected chi connectivity index (χ2v) is 5.33. The van der Waals surface area contributed by atoms with Crippen molar-refractivity contribution in [2.45, 2.75) is 13.8 Å². The van der Waals surface area contributed by atoms with Crippen molar-refractivity contribution in [1.29, 1.82) is 0 Å². The molecule has 1 aromatic rings. The Balaban J connectivity index is 2.35. The van der Waals surface area contributed by atoms with Gasteiger partial charge >= 0.3 is 6.03 Å². The number of imide groups is 1. The fourth-order valence-electron chi connectivity index (χ4n) is 1.22. The predicted octanol–water partition coefficient (Wildman–Crippen LogP) is 2.85. The molecule has 1 rings (SSSR count). The Morgan fingerprint density at radius 1 is 1.25 bits per heavy atom. The van der Waals surface area contributed by atoms with E-state index in [1.165, 1.54) is 6.07 Å². The smallest absolute Gasteiger partial charge is 0.321 e. The van der Waals surface area contributed by atoms with Crippen LogP contribution in [-0.2, 0) is 4.79 Å². The number of nitrogens with one attached hydrogen (secondary N) is 2. The second kappa shape index (κ2) is 7.97. The third-order valence-corrected chi connectivity index (χ3v) is 2.92. The topological polar surface area (TPSA) is 67.4 Å². The zero-order valence-electron chi connectivity index (χ0n) is 11.2. The van der Waals surface area contributed by atoms with Gasteiger partial charge in [-0.25, -0.2) is 4.79 Å². The molecule has 7 heteroatoms. The summed E-state index contributed by atoms with van der Waals surface area (Å²) in [5.41, 5.74) is 0. The largest absolute Gasteiger partial charge is 0.484 e. The van der Waals surface area contributed by atoms with Crippen molar-refractivity contribution in [2.24, 2.45) is 5.92 Å². The molecule has 110 valence electrons. The summed E-state index contributed by atoms with van der Waals surface area (Å²) in [6.45, 7) is 4.12. The molecule has 0 aliphatic heterocycles. The van der Waals surface area contributed by atoms with Gasteiger partial charge in [-0.1, -0.05) is 37.0 Å². The van der Waals surface area contributed by atoms with E-state index in [9.17, 15) is 9.59 Å². The number of rotatable bonds is 5. The number of carbonyl (C=O) groups is 2. The average molecular weight is 319 g/mol. The highest BCUT2D eigenvalue weighted by atomic mass is 35.5. The molecule has 1 aromatic carbocycles. The molecule has 0 unspecified atom stereocenters. The van der Waals surface area contributed by atoms with Gasteiger partial charge in [0.15, 0.2) is 6.61 Å². The molecule has 0 aromatic heterocycles. The molecule has 0 heterocycles. The van der Waals surface area contributed by atoms with E-state index in [1.54, 1.807) is 12.1 Å². The molecule has 3 amide bonds. The van der Waals surface area contributed by atoms with Crippen LogP contribution in [0.2, 0.25) is 10.0 Å². The molecule has 20 heavy (non-hydrogen) atoms. The molecule has 0 atom stereocenters. The van der Waals surface area contributed by atoms with Gasteiger partial charge in [-0.3, -0.25) is 10.1 Å². The lowest BCUT2D eigenvalue weighted by molar-refractivity contribution is -0.122. The van der Waals surface area contributed by atoms with Crippen molar-refractivity contribution in [3.05, 3.63) is 28.2 Å². The monoisotopic (exact) mass is 318 g/mol. The van der Waals surface area contributed by atoms with Gasteiger partial charge < -0.3 is 10.1 Å². The van der Waals surface area contributed by atoms with Gasteiger partial charge in [0.25, 0.3) is 5.91 Å². The van der Waals surface area contributed by atoms with Crippen LogP contribution in [0.15, 0.2) is 18.2 Å². The molecule has 0 fully saturated rings. The lowest BCUT2D eigenvalue weighted by Crippen LogP contribution is -2.42. The first-order chi connectivity index (χ1) is 9.38. The van der Waals surface area contributed by atoms with E-state index in [0.29, 0.717) is 28.3 Å². The summed E-state index contributed by atoms with van der Waals surface area (Å²) in [6.07, 6.45) is 0. The average Bonchev–Trinajstić information content (AvgIpc) is 2.38. The van der Waals surface area contributed by atoms with Gasteiger partial charge in [0.1, 0.15) is 5.75 Å². The van der Waals surface area contributed by atoms with Crippen LogP contribution in [0.25, 0.3) is 0 Å². The van der Waals surface area contributed by atoms with Crippen molar-refractivity contribution >= 4 is 35.1 Å². The Kier molecular flexibility index (Phi) is 6.61. The van der Waals surface area contributed by atoms with Crippen molar-refractivity contribution in [2.75, 3.05) is 13.2 Å². The summed E-state index contributed by atoms with van der Waals surface area (Å²) in [5, 5.41) is 5.45. The Hall–Kier alpha value is -1.46. The van der Waals surface area contributed by atoms with Gasteiger partial charge in [0.05, 0.1) is 10.0 Å². The van der Waals surface area contributed by atoms with Gasteiger partial charge in [-0.05, 0) is 18.1 Å². The molecule has 0 saturated heterocycles. The van der Waals surface area contributed by atoms with Gasteiger partial charge in [0, 0.05) is 12.6 Å². The Labute approximate surface area is 127 Å². The second-order valence-electron chi connectivity index (χ2n) is 4.52. The van der Waals surface area contributed by atoms with Crippen molar-refractivity contribution in [1.82, 2.24) is 10.6 Å². The highest BCUT2D eigenvalue weighted by molar-refractivity contribution is 6.42. The molecule has 0 spiro atoms. The molecule has 0 aliphatic rings. The van der Waals surface area contributed by atoms with Crippen LogP contribution < -0.4 is 15.4 Å². The summed E-state index contributed by atoms with van der Waals surface area (Å²) in [6, 6.07) is 4.10. The highest BCUT2D eigenvalue weighted by Crippen LogP contribution is 2.26. The van der Waals surface area contributed by atoms with Crippen molar-refractivity contribution in [3.8, 4) is 5.75 Å². The van der Waals surface area contributed by atoms with E-state index in [4.69, 9.17) is 27.9 Å². The first-order valence-electron chi connectivity index (χ1n) is 6.04. The summed E-state index contributed by atoms with van der Waals surface area (Å²) in [5.74, 6) is 0.165. The van der Waals surface area contributed by atoms with Crippen LogP contribution in [-0.4, -0.2) is 25.1 Å². The van der Waals surface area contributed by atoms with Crippen molar-refractivity contribution < 1.29 is 14.3 Å². The highest BCUT2D eigenvalue weighted by Gasteiger charge is 2.09. The Morgan fingerprint density at radius 2 is 1.95 bits per heavy atom. The van der Waals surface area contributed by atoms with Crippen LogP contribution in [0.1, 0.15) is 13.8 Å². The maximum atomic E-state index is 11.5. The zero-order valence-corrected chi connectivity index (χ0v) is 12.7. The summed E-state index contributed by atoms with van der Waals surface area (Å²) >= 11 is 11.6. The molecular weight excluding hydrogens is 303 g/mol. The molecule has 0 aliphatic carbocycles. The third-order valence-electron chi connectivity index (χ3n) is 2.18. The van der Waals surface area contributed by atoms with Crippen LogP contribution in [0.5, 0.6) is 5.75 Å². The van der Waals surface area contributed by atoms with Gasteiger partial charge in [0.2, 0.25) is 0 Å². The van der Waals surface area contributed by atoms with Crippen LogP contribution in [0.4, 0.5) is 4.79 Å². The fourth-order valence-corrected chi connectivity index (χ4v) is 1.51. The zero-order chi connectivity index (χ0) is 15.1. The predicted molar refractivity (Wildman–Crippen MR) is 78.3 cm³/mol. The van der Waals surface area contributed by atoms with Gasteiger partial charge in [-0.2, -0.15) is 0 Å². The molecular formula is C13H16Cl2N2O3. The lowest BCUT2D eigenvalue weighted by atomic mass is 10.2.